The molecule has 0 aliphatic carbocycles. The quantitative estimate of drug-likeness (QED) is 0.690. The van der Waals surface area contributed by atoms with Gasteiger partial charge in [0.1, 0.15) is 0 Å². The summed E-state index contributed by atoms with van der Waals surface area (Å²) in [7, 11) is 1.27. The van der Waals surface area contributed by atoms with Gasteiger partial charge in [-0.3, -0.25) is 9.59 Å². The second-order valence-electron chi connectivity index (χ2n) is 4.55. The predicted molar refractivity (Wildman–Crippen MR) is 56.4 cm³/mol. The van der Waals surface area contributed by atoms with E-state index in [4.69, 9.17) is 5.11 Å². The molecule has 1 atom stereocenters. The molecule has 88 valence electrons. The van der Waals surface area contributed by atoms with E-state index in [1.165, 1.54) is 7.11 Å². The van der Waals surface area contributed by atoms with Gasteiger partial charge in [-0.15, -0.1) is 0 Å². The Hall–Kier alpha value is -1.06. The van der Waals surface area contributed by atoms with Gasteiger partial charge < -0.3 is 9.84 Å². The van der Waals surface area contributed by atoms with Crippen molar-refractivity contribution in [2.75, 3.05) is 7.11 Å². The standard InChI is InChI=1S/C11H20O4/c1-8(2)5-6-11(3,10(13)14)7-9(12)15-4/h8H,5-7H2,1-4H3,(H,13,14). The van der Waals surface area contributed by atoms with Gasteiger partial charge in [0.25, 0.3) is 0 Å². The maximum atomic E-state index is 11.1. The second kappa shape index (κ2) is 5.73. The van der Waals surface area contributed by atoms with E-state index in [0.29, 0.717) is 12.3 Å². The summed E-state index contributed by atoms with van der Waals surface area (Å²) in [6.45, 7) is 5.65. The molecule has 0 saturated carbocycles. The number of carboxylic acid groups (broad SMARTS) is 1. The SMILES string of the molecule is COC(=O)CC(C)(CCC(C)C)C(=O)O. The summed E-state index contributed by atoms with van der Waals surface area (Å²) < 4.78 is 4.50. The minimum absolute atomic E-state index is 0.0639. The summed E-state index contributed by atoms with van der Waals surface area (Å²) >= 11 is 0. The predicted octanol–water partition coefficient (Wildman–Crippen LogP) is 2.08. The van der Waals surface area contributed by atoms with E-state index in [9.17, 15) is 9.59 Å². The molecule has 0 aromatic heterocycles. The zero-order valence-electron chi connectivity index (χ0n) is 9.87. The lowest BCUT2D eigenvalue weighted by Crippen LogP contribution is -2.31. The molecule has 0 aliphatic rings. The average molecular weight is 216 g/mol. The van der Waals surface area contributed by atoms with Crippen LogP contribution in [0.5, 0.6) is 0 Å². The van der Waals surface area contributed by atoms with E-state index >= 15 is 0 Å². The van der Waals surface area contributed by atoms with Crippen molar-refractivity contribution in [2.45, 2.75) is 40.0 Å². The summed E-state index contributed by atoms with van der Waals surface area (Å²) in [4.78, 5) is 22.2. The lowest BCUT2D eigenvalue weighted by Gasteiger charge is -2.24. The smallest absolute Gasteiger partial charge is 0.309 e. The number of carbonyl (C=O) groups is 2. The minimum Gasteiger partial charge on any atom is -0.481 e. The van der Waals surface area contributed by atoms with Crippen molar-refractivity contribution in [3.63, 3.8) is 0 Å². The van der Waals surface area contributed by atoms with Gasteiger partial charge in [-0.25, -0.2) is 0 Å². The summed E-state index contributed by atoms with van der Waals surface area (Å²) in [6, 6.07) is 0. The maximum absolute atomic E-state index is 11.1. The van der Waals surface area contributed by atoms with Crippen LogP contribution in [0.25, 0.3) is 0 Å². The van der Waals surface area contributed by atoms with Gasteiger partial charge in [0.2, 0.25) is 0 Å². The van der Waals surface area contributed by atoms with Gasteiger partial charge in [-0.1, -0.05) is 13.8 Å². The molecule has 4 nitrogen and oxygen atoms in total. The molecule has 0 rings (SSSR count). The monoisotopic (exact) mass is 216 g/mol. The first-order valence-electron chi connectivity index (χ1n) is 5.12. The second-order valence-corrected chi connectivity index (χ2v) is 4.55. The molecule has 0 heterocycles. The summed E-state index contributed by atoms with van der Waals surface area (Å²) in [5.41, 5.74) is -1.00. The fourth-order valence-corrected chi connectivity index (χ4v) is 1.27. The Kier molecular flexibility index (Phi) is 5.33. The van der Waals surface area contributed by atoms with E-state index in [0.717, 1.165) is 6.42 Å². The normalized spacial score (nSPS) is 14.7. The molecule has 1 N–H and O–H groups in total. The van der Waals surface area contributed by atoms with Crippen LogP contribution in [0.4, 0.5) is 0 Å². The topological polar surface area (TPSA) is 63.6 Å². The molecular formula is C11H20O4. The van der Waals surface area contributed by atoms with Crippen molar-refractivity contribution >= 4 is 11.9 Å². The minimum atomic E-state index is -1.00. The van der Waals surface area contributed by atoms with Crippen molar-refractivity contribution in [2.24, 2.45) is 11.3 Å². The first-order valence-corrected chi connectivity index (χ1v) is 5.12. The van der Waals surface area contributed by atoms with Gasteiger partial charge in [0.15, 0.2) is 0 Å². The third kappa shape index (κ3) is 4.81. The Bertz CT molecular complexity index is 235. The van der Waals surface area contributed by atoms with E-state index in [1.54, 1.807) is 6.92 Å². The maximum Gasteiger partial charge on any atom is 0.309 e. The van der Waals surface area contributed by atoms with Gasteiger partial charge in [0.05, 0.1) is 18.9 Å². The third-order valence-corrected chi connectivity index (χ3v) is 2.55. The number of rotatable bonds is 6. The number of esters is 1. The number of ether oxygens (including phenoxy) is 1. The lowest BCUT2D eigenvalue weighted by molar-refractivity contribution is -0.156. The molecular weight excluding hydrogens is 196 g/mol. The summed E-state index contributed by atoms with van der Waals surface area (Å²) in [5.74, 6) is -0.974. The van der Waals surface area contributed by atoms with Crippen molar-refractivity contribution < 1.29 is 19.4 Å². The molecule has 0 bridgehead atoms. The molecule has 0 saturated heterocycles. The van der Waals surface area contributed by atoms with Crippen LogP contribution in [0.3, 0.4) is 0 Å². The van der Waals surface area contributed by atoms with Crippen molar-refractivity contribution in [3.05, 3.63) is 0 Å². The third-order valence-electron chi connectivity index (χ3n) is 2.55. The van der Waals surface area contributed by atoms with Gasteiger partial charge in [0, 0.05) is 0 Å². The van der Waals surface area contributed by atoms with Crippen molar-refractivity contribution in [3.8, 4) is 0 Å². The van der Waals surface area contributed by atoms with Gasteiger partial charge >= 0.3 is 11.9 Å². The van der Waals surface area contributed by atoms with Crippen LogP contribution in [0.2, 0.25) is 0 Å². The highest BCUT2D eigenvalue weighted by Gasteiger charge is 2.35. The Morgan fingerprint density at radius 2 is 1.93 bits per heavy atom. The molecule has 0 aromatic carbocycles. The molecule has 1 unspecified atom stereocenters. The van der Waals surface area contributed by atoms with E-state index in [2.05, 4.69) is 4.74 Å². The van der Waals surface area contributed by atoms with Crippen LogP contribution in [-0.4, -0.2) is 24.2 Å². The van der Waals surface area contributed by atoms with Crippen LogP contribution in [0.1, 0.15) is 40.0 Å². The van der Waals surface area contributed by atoms with E-state index in [-0.39, 0.29) is 6.42 Å². The van der Waals surface area contributed by atoms with E-state index in [1.807, 2.05) is 13.8 Å². The van der Waals surface area contributed by atoms with Crippen LogP contribution < -0.4 is 0 Å². The molecule has 0 spiro atoms. The lowest BCUT2D eigenvalue weighted by atomic mass is 9.80. The first kappa shape index (κ1) is 13.9. The number of hydrogen-bond acceptors (Lipinski definition) is 3. The Balaban J connectivity index is 4.45. The van der Waals surface area contributed by atoms with Crippen LogP contribution in [0, 0.1) is 11.3 Å². The van der Waals surface area contributed by atoms with Crippen molar-refractivity contribution in [1.29, 1.82) is 0 Å². The highest BCUT2D eigenvalue weighted by atomic mass is 16.5. The molecule has 15 heavy (non-hydrogen) atoms. The van der Waals surface area contributed by atoms with Gasteiger partial charge in [-0.05, 0) is 25.7 Å². The Labute approximate surface area is 90.6 Å². The van der Waals surface area contributed by atoms with Gasteiger partial charge in [-0.2, -0.15) is 0 Å². The number of carbonyl (C=O) groups excluding carboxylic acids is 1. The summed E-state index contributed by atoms with van der Waals surface area (Å²) in [6.07, 6.45) is 1.22. The molecule has 0 aliphatic heterocycles. The Morgan fingerprint density at radius 1 is 1.40 bits per heavy atom. The first-order chi connectivity index (χ1) is 6.81. The molecule has 0 amide bonds. The Morgan fingerprint density at radius 3 is 2.27 bits per heavy atom. The fraction of sp³-hybridized carbons (Fsp3) is 0.818. The average Bonchev–Trinajstić information content (AvgIpc) is 2.14. The van der Waals surface area contributed by atoms with Crippen LogP contribution in [0.15, 0.2) is 0 Å². The number of hydrogen-bond donors (Lipinski definition) is 1. The highest BCUT2D eigenvalue weighted by molar-refractivity contribution is 5.81. The van der Waals surface area contributed by atoms with Crippen LogP contribution in [-0.2, 0) is 14.3 Å². The number of aliphatic carboxylic acids is 1. The number of carboxylic acids is 1. The zero-order chi connectivity index (χ0) is 12.1. The van der Waals surface area contributed by atoms with Crippen LogP contribution >= 0.6 is 0 Å². The highest BCUT2D eigenvalue weighted by Crippen LogP contribution is 2.30. The zero-order valence-corrected chi connectivity index (χ0v) is 9.87. The fourth-order valence-electron chi connectivity index (χ4n) is 1.27. The summed E-state index contributed by atoms with van der Waals surface area (Å²) in [5, 5.41) is 9.08. The van der Waals surface area contributed by atoms with E-state index < -0.39 is 17.4 Å². The molecule has 0 fully saturated rings. The molecule has 0 radical (unpaired) electrons. The largest absolute Gasteiger partial charge is 0.481 e. The van der Waals surface area contributed by atoms with Crippen molar-refractivity contribution in [1.82, 2.24) is 0 Å². The number of methoxy groups -OCH3 is 1. The molecule has 0 aromatic rings. The molecule has 4 heteroatoms.